The first-order chi connectivity index (χ1) is 8.75. The summed E-state index contributed by atoms with van der Waals surface area (Å²) in [7, 11) is 0. The zero-order valence-electron chi connectivity index (χ0n) is 10.5. The number of hydrogen-bond donors (Lipinski definition) is 3. The average molecular weight is 281 g/mol. The molecule has 0 spiro atoms. The van der Waals surface area contributed by atoms with E-state index in [1.807, 2.05) is 6.07 Å². The Kier molecular flexibility index (Phi) is 4.07. The van der Waals surface area contributed by atoms with Gasteiger partial charge in [0, 0.05) is 5.39 Å². The Bertz CT molecular complexity index is 589. The molecule has 1 aromatic heterocycles. The van der Waals surface area contributed by atoms with Crippen molar-refractivity contribution in [2.24, 2.45) is 5.73 Å². The van der Waals surface area contributed by atoms with E-state index in [1.54, 1.807) is 6.20 Å². The fraction of sp³-hybridized carbons (Fsp3) is 0.385. The first kappa shape index (κ1) is 13.8. The molecule has 1 saturated heterocycles. The number of hydrogen-bond acceptors (Lipinski definition) is 3. The molecule has 1 aliphatic heterocycles. The Balaban J connectivity index is 0.00000133. The first-order valence-corrected chi connectivity index (χ1v) is 6.23. The van der Waals surface area contributed by atoms with Gasteiger partial charge in [-0.2, -0.15) is 5.10 Å². The number of carbonyl (C=O) groups is 1. The van der Waals surface area contributed by atoms with Crippen molar-refractivity contribution in [2.45, 2.75) is 18.8 Å². The molecule has 6 heteroatoms. The molecule has 0 unspecified atom stereocenters. The van der Waals surface area contributed by atoms with Crippen molar-refractivity contribution in [1.29, 1.82) is 0 Å². The number of halogens is 1. The van der Waals surface area contributed by atoms with Gasteiger partial charge in [0.05, 0.1) is 17.3 Å². The number of H-pyrrole nitrogens is 1. The third kappa shape index (κ3) is 2.57. The van der Waals surface area contributed by atoms with Crippen LogP contribution >= 0.6 is 12.4 Å². The molecular formula is C13H17ClN4O. The average Bonchev–Trinajstić information content (AvgIpc) is 2.86. The minimum atomic E-state index is -0.403. The molecule has 102 valence electrons. The third-order valence-corrected chi connectivity index (χ3v) is 3.65. The summed E-state index contributed by atoms with van der Waals surface area (Å²) >= 11 is 0. The summed E-state index contributed by atoms with van der Waals surface area (Å²) in [6.07, 6.45) is 3.94. The van der Waals surface area contributed by atoms with Gasteiger partial charge in [-0.3, -0.25) is 9.89 Å². The highest BCUT2D eigenvalue weighted by Crippen LogP contribution is 2.29. The van der Waals surface area contributed by atoms with Crippen molar-refractivity contribution < 1.29 is 4.79 Å². The van der Waals surface area contributed by atoms with Crippen molar-refractivity contribution in [3.05, 3.63) is 29.5 Å². The summed E-state index contributed by atoms with van der Waals surface area (Å²) in [4.78, 5) is 11.5. The van der Waals surface area contributed by atoms with Crippen molar-refractivity contribution in [3.8, 4) is 0 Å². The summed E-state index contributed by atoms with van der Waals surface area (Å²) < 4.78 is 0. The third-order valence-electron chi connectivity index (χ3n) is 3.65. The lowest BCUT2D eigenvalue weighted by molar-refractivity contribution is 0.100. The lowest BCUT2D eigenvalue weighted by Crippen LogP contribution is -2.26. The number of nitrogens with two attached hydrogens (primary N) is 1. The molecule has 19 heavy (non-hydrogen) atoms. The maximum Gasteiger partial charge on any atom is 0.250 e. The van der Waals surface area contributed by atoms with Gasteiger partial charge in [0.25, 0.3) is 5.91 Å². The van der Waals surface area contributed by atoms with Gasteiger partial charge in [-0.1, -0.05) is 0 Å². The van der Waals surface area contributed by atoms with E-state index in [4.69, 9.17) is 5.73 Å². The number of benzene rings is 1. The summed E-state index contributed by atoms with van der Waals surface area (Å²) in [5.74, 6) is 0.101. The van der Waals surface area contributed by atoms with Crippen LogP contribution in [-0.2, 0) is 0 Å². The number of rotatable bonds is 2. The van der Waals surface area contributed by atoms with Gasteiger partial charge in [-0.15, -0.1) is 12.4 Å². The van der Waals surface area contributed by atoms with Crippen LogP contribution < -0.4 is 11.1 Å². The van der Waals surface area contributed by atoms with E-state index in [9.17, 15) is 4.79 Å². The van der Waals surface area contributed by atoms with Gasteiger partial charge in [0.1, 0.15) is 0 Å². The minimum Gasteiger partial charge on any atom is -0.366 e. The Morgan fingerprint density at radius 2 is 2.05 bits per heavy atom. The second-order valence-corrected chi connectivity index (χ2v) is 4.79. The highest BCUT2D eigenvalue weighted by atomic mass is 35.5. The summed E-state index contributed by atoms with van der Waals surface area (Å²) in [5, 5.41) is 11.1. The molecule has 3 rings (SSSR count). The lowest BCUT2D eigenvalue weighted by Gasteiger charge is -2.23. The molecule has 5 nitrogen and oxygen atoms in total. The Morgan fingerprint density at radius 1 is 1.32 bits per heavy atom. The maximum absolute atomic E-state index is 11.5. The van der Waals surface area contributed by atoms with Crippen molar-refractivity contribution in [1.82, 2.24) is 15.5 Å². The summed E-state index contributed by atoms with van der Waals surface area (Å²) in [5.41, 5.74) is 7.91. The number of primary amides is 1. The van der Waals surface area contributed by atoms with Crippen molar-refractivity contribution in [2.75, 3.05) is 13.1 Å². The largest absolute Gasteiger partial charge is 0.366 e. The Labute approximate surface area is 117 Å². The van der Waals surface area contributed by atoms with Crippen LogP contribution in [0, 0.1) is 0 Å². The topological polar surface area (TPSA) is 83.8 Å². The van der Waals surface area contributed by atoms with Crippen LogP contribution in [0.4, 0.5) is 0 Å². The van der Waals surface area contributed by atoms with Crippen LogP contribution in [0.25, 0.3) is 10.9 Å². The fourth-order valence-corrected chi connectivity index (χ4v) is 2.67. The molecular weight excluding hydrogens is 264 g/mol. The quantitative estimate of drug-likeness (QED) is 0.780. The van der Waals surface area contributed by atoms with Crippen molar-refractivity contribution in [3.63, 3.8) is 0 Å². The predicted molar refractivity (Wildman–Crippen MR) is 76.7 cm³/mol. The fourth-order valence-electron chi connectivity index (χ4n) is 2.67. The van der Waals surface area contributed by atoms with E-state index in [0.29, 0.717) is 11.5 Å². The molecule has 0 saturated carbocycles. The van der Waals surface area contributed by atoms with Gasteiger partial charge in [0.2, 0.25) is 0 Å². The van der Waals surface area contributed by atoms with E-state index < -0.39 is 5.91 Å². The van der Waals surface area contributed by atoms with Gasteiger partial charge in [0.15, 0.2) is 0 Å². The molecule has 1 aromatic carbocycles. The van der Waals surface area contributed by atoms with Crippen LogP contribution in [0.3, 0.4) is 0 Å². The standard InChI is InChI=1S/C13H16N4O.ClH/c14-13(18)11-6-9(8-1-3-15-4-2-8)5-10-7-16-17-12(10)11;/h5-8,15H,1-4H2,(H2,14,18)(H,16,17);1H. The molecule has 0 atom stereocenters. The number of carbonyl (C=O) groups excluding carboxylic acids is 1. The Hall–Kier alpha value is -1.59. The number of nitrogens with zero attached hydrogens (tertiary/aromatic N) is 1. The second-order valence-electron chi connectivity index (χ2n) is 4.79. The smallest absolute Gasteiger partial charge is 0.250 e. The number of nitrogens with one attached hydrogen (secondary N) is 2. The molecule has 0 aliphatic carbocycles. The molecule has 1 amide bonds. The highest BCUT2D eigenvalue weighted by molar-refractivity contribution is 6.05. The lowest BCUT2D eigenvalue weighted by atomic mass is 9.88. The van der Waals surface area contributed by atoms with Gasteiger partial charge >= 0.3 is 0 Å². The molecule has 4 N–H and O–H groups in total. The highest BCUT2D eigenvalue weighted by Gasteiger charge is 2.18. The number of fused-ring (bicyclic) bond motifs is 1. The molecule has 1 fully saturated rings. The minimum absolute atomic E-state index is 0. The van der Waals surface area contributed by atoms with Crippen LogP contribution in [0.2, 0.25) is 0 Å². The van der Waals surface area contributed by atoms with E-state index >= 15 is 0 Å². The molecule has 1 aliphatic rings. The number of aromatic amines is 1. The monoisotopic (exact) mass is 280 g/mol. The van der Waals surface area contributed by atoms with E-state index in [-0.39, 0.29) is 12.4 Å². The zero-order valence-corrected chi connectivity index (χ0v) is 11.3. The predicted octanol–water partition coefficient (Wildman–Crippen LogP) is 1.55. The zero-order chi connectivity index (χ0) is 12.5. The molecule has 0 radical (unpaired) electrons. The molecule has 2 aromatic rings. The van der Waals surface area contributed by atoms with Crippen LogP contribution in [0.15, 0.2) is 18.3 Å². The van der Waals surface area contributed by atoms with E-state index in [1.165, 1.54) is 5.56 Å². The van der Waals surface area contributed by atoms with Gasteiger partial charge in [-0.05, 0) is 49.5 Å². The second kappa shape index (κ2) is 5.59. The normalized spacial score (nSPS) is 16.2. The number of piperidine rings is 1. The maximum atomic E-state index is 11.5. The van der Waals surface area contributed by atoms with Crippen LogP contribution in [0.5, 0.6) is 0 Å². The first-order valence-electron chi connectivity index (χ1n) is 6.23. The van der Waals surface area contributed by atoms with E-state index in [2.05, 4.69) is 21.6 Å². The Morgan fingerprint density at radius 3 is 2.74 bits per heavy atom. The van der Waals surface area contributed by atoms with Crippen LogP contribution in [0.1, 0.15) is 34.7 Å². The number of aromatic nitrogens is 2. The molecule has 2 heterocycles. The summed E-state index contributed by atoms with van der Waals surface area (Å²) in [6, 6.07) is 4.03. The van der Waals surface area contributed by atoms with Crippen LogP contribution in [-0.4, -0.2) is 29.2 Å². The van der Waals surface area contributed by atoms with Gasteiger partial charge in [-0.25, -0.2) is 0 Å². The SMILES string of the molecule is Cl.NC(=O)c1cc(C2CCNCC2)cc2cn[nH]c12. The molecule has 0 bridgehead atoms. The summed E-state index contributed by atoms with van der Waals surface area (Å²) in [6.45, 7) is 2.06. The van der Waals surface area contributed by atoms with Crippen molar-refractivity contribution >= 4 is 29.2 Å². The van der Waals surface area contributed by atoms with E-state index in [0.717, 1.165) is 36.8 Å². The number of amides is 1. The van der Waals surface area contributed by atoms with Gasteiger partial charge < -0.3 is 11.1 Å².